The van der Waals surface area contributed by atoms with Crippen molar-refractivity contribution in [3.8, 4) is 5.75 Å². The van der Waals surface area contributed by atoms with Crippen LogP contribution in [-0.2, 0) is 0 Å². The minimum absolute atomic E-state index is 0.163. The topological polar surface area (TPSA) is 97.7 Å². The molecule has 0 fully saturated rings. The van der Waals surface area contributed by atoms with Gasteiger partial charge >= 0.3 is 5.56 Å². The first-order chi connectivity index (χ1) is 9.25. The average molecular weight is 262 g/mol. The molecule has 6 nitrogen and oxygen atoms in total. The van der Waals surface area contributed by atoms with E-state index in [4.69, 9.17) is 5.73 Å². The van der Waals surface area contributed by atoms with Crippen molar-refractivity contribution in [2.75, 3.05) is 5.73 Å². The van der Waals surface area contributed by atoms with Gasteiger partial charge in [-0.1, -0.05) is 0 Å². The van der Waals surface area contributed by atoms with Gasteiger partial charge in [-0.2, -0.15) is 0 Å². The lowest BCUT2D eigenvalue weighted by Gasteiger charge is -2.05. The molecule has 0 unspecified atom stereocenters. The van der Waals surface area contributed by atoms with Crippen LogP contribution >= 0.6 is 0 Å². The highest BCUT2D eigenvalue weighted by atomic mass is 16.3. The van der Waals surface area contributed by atoms with Crippen molar-refractivity contribution < 1.29 is 9.90 Å². The van der Waals surface area contributed by atoms with E-state index in [1.165, 1.54) is 13.1 Å². The van der Waals surface area contributed by atoms with E-state index >= 15 is 0 Å². The van der Waals surface area contributed by atoms with E-state index in [2.05, 4.69) is 28.2 Å². The molecule has 0 aliphatic heterocycles. The highest BCUT2D eigenvalue weighted by Gasteiger charge is 2.15. The van der Waals surface area contributed by atoms with Crippen LogP contribution in [0.1, 0.15) is 17.4 Å². The molecule has 6 radical (unpaired) electrons. The van der Waals surface area contributed by atoms with E-state index in [0.29, 0.717) is 0 Å². The van der Waals surface area contributed by atoms with Crippen molar-refractivity contribution in [3.63, 3.8) is 0 Å². The summed E-state index contributed by atoms with van der Waals surface area (Å²) in [4.78, 5) is 26.7. The van der Waals surface area contributed by atoms with Crippen LogP contribution in [-0.4, -0.2) is 49.9 Å². The van der Waals surface area contributed by atoms with Gasteiger partial charge in [0.2, 0.25) is 5.75 Å². The number of rotatable bonds is 1. The third-order valence-corrected chi connectivity index (χ3v) is 2.19. The van der Waals surface area contributed by atoms with E-state index in [0.717, 1.165) is 4.40 Å². The Morgan fingerprint density at radius 2 is 2.00 bits per heavy atom. The van der Waals surface area contributed by atoms with Crippen molar-refractivity contribution >= 4 is 46.7 Å². The molecule has 2 aromatic heterocycles. The van der Waals surface area contributed by atoms with Gasteiger partial charge in [-0.15, -0.1) is 0 Å². The number of nitrogens with zero attached hydrogens (tertiary/aromatic N) is 2. The van der Waals surface area contributed by atoms with Crippen LogP contribution in [0, 0.1) is 0 Å². The molecule has 94 valence electrons. The molecule has 2 aromatic rings. The van der Waals surface area contributed by atoms with Crippen molar-refractivity contribution in [1.82, 2.24) is 9.38 Å². The Bertz CT molecular complexity index is 699. The number of anilines is 1. The molecule has 2 heterocycles. The lowest BCUT2D eigenvalue weighted by atomic mass is 9.08. The van der Waals surface area contributed by atoms with Gasteiger partial charge in [0.15, 0.2) is 17.1 Å². The number of hydrogen-bond donors (Lipinski definition) is 2. The minimum Gasteiger partial charge on any atom is -0.501 e. The molecule has 3 N–H and O–H groups in total. The molecule has 0 aliphatic rings. The number of aromatic hydroxyl groups is 1. The first kappa shape index (κ1) is 15.9. The molecule has 0 atom stereocenters. The molecule has 2 rings (SSSR count). The highest BCUT2D eigenvalue weighted by Crippen LogP contribution is 2.14. The minimum atomic E-state index is -0.706. The molecule has 0 spiro atoms. The zero-order valence-electron chi connectivity index (χ0n) is 10.8. The largest absolute Gasteiger partial charge is 0.501 e. The number of Topliss-reactive ketones (excluding diaryl/α,β-unsaturated/α-hetero) is 1. The van der Waals surface area contributed by atoms with Gasteiger partial charge < -0.3 is 10.8 Å². The predicted octanol–water partition coefficient (Wildman–Crippen LogP) is -1.34. The number of aromatic nitrogens is 2. The van der Waals surface area contributed by atoms with Crippen molar-refractivity contribution in [2.45, 2.75) is 6.92 Å². The number of carbonyl (C=O) groups is 1. The summed E-state index contributed by atoms with van der Waals surface area (Å²) in [5, 5.41) is 9.50. The number of hydrogen-bond acceptors (Lipinski definition) is 5. The standard InChI is InChI=1S/C10H9N3O3.B4/c1-5(14)7-8(15)10(16)13-4-2-3-6(11)9(13)12-7;1-4(2)3/h2-4,15H,11H2,1H3;. The summed E-state index contributed by atoms with van der Waals surface area (Å²) in [6.45, 7) is 1.22. The van der Waals surface area contributed by atoms with Gasteiger partial charge in [0.1, 0.15) is 0 Å². The Morgan fingerprint density at radius 1 is 1.45 bits per heavy atom. The fourth-order valence-corrected chi connectivity index (χ4v) is 1.42. The summed E-state index contributed by atoms with van der Waals surface area (Å²) >= 11 is 0. The van der Waals surface area contributed by atoms with E-state index in [9.17, 15) is 14.7 Å². The fraction of sp³-hybridized carbons (Fsp3) is 0.100. The Balaban J connectivity index is 0.000000444. The molecular weight excluding hydrogens is 253 g/mol. The van der Waals surface area contributed by atoms with Crippen LogP contribution in [0.15, 0.2) is 23.1 Å². The summed E-state index contributed by atoms with van der Waals surface area (Å²) in [6, 6.07) is 3.11. The van der Waals surface area contributed by atoms with Crippen molar-refractivity contribution in [2.24, 2.45) is 0 Å². The fourth-order valence-electron chi connectivity index (χ4n) is 1.42. The van der Waals surface area contributed by atoms with Crippen LogP contribution in [0.5, 0.6) is 5.75 Å². The molecule has 20 heavy (non-hydrogen) atoms. The number of nitrogen functional groups attached to an aromatic ring is 1. The SMILES string of the molecule is CC(=O)c1nc2c(N)cccn2c(=O)c1O.[B]B([B])[B]. The van der Waals surface area contributed by atoms with E-state index < -0.39 is 23.5 Å². The second kappa shape index (κ2) is 6.36. The number of pyridine rings is 1. The maximum Gasteiger partial charge on any atom is 0.300 e. The molecule has 0 saturated heterocycles. The summed E-state index contributed by atoms with van der Waals surface area (Å²) in [5.41, 5.74) is 5.09. The molecule has 10 heteroatoms. The van der Waals surface area contributed by atoms with Crippen molar-refractivity contribution in [3.05, 3.63) is 34.4 Å². The average Bonchev–Trinajstić information content (AvgIpc) is 2.33. The van der Waals surface area contributed by atoms with Crippen LogP contribution in [0.25, 0.3) is 5.65 Å². The zero-order valence-corrected chi connectivity index (χ0v) is 10.8. The summed E-state index contributed by atoms with van der Waals surface area (Å²) < 4.78 is 1.09. The molecule has 0 saturated carbocycles. The van der Waals surface area contributed by atoms with Gasteiger partial charge in [0, 0.05) is 42.7 Å². The first-order valence-corrected chi connectivity index (χ1v) is 5.53. The number of nitrogens with two attached hydrogens (primary N) is 1. The third kappa shape index (κ3) is 3.46. The first-order valence-electron chi connectivity index (χ1n) is 5.53. The second-order valence-corrected chi connectivity index (χ2v) is 3.90. The lowest BCUT2D eigenvalue weighted by molar-refractivity contribution is 0.101. The van der Waals surface area contributed by atoms with E-state index in [1.807, 2.05) is 0 Å². The predicted molar refractivity (Wildman–Crippen MR) is 80.6 cm³/mol. The van der Waals surface area contributed by atoms with E-state index in [-0.39, 0.29) is 17.0 Å². The number of fused-ring (bicyclic) bond motifs is 1. The molecule has 0 bridgehead atoms. The number of carbonyl (C=O) groups excluding carboxylic acids is 1. The molecule has 0 aromatic carbocycles. The van der Waals surface area contributed by atoms with Gasteiger partial charge in [0.25, 0.3) is 0 Å². The second-order valence-electron chi connectivity index (χ2n) is 3.90. The lowest BCUT2D eigenvalue weighted by Crippen LogP contribution is -2.18. The third-order valence-electron chi connectivity index (χ3n) is 2.19. The quantitative estimate of drug-likeness (QED) is 0.490. The Hall–Kier alpha value is -2.11. The van der Waals surface area contributed by atoms with Gasteiger partial charge in [-0.25, -0.2) is 4.98 Å². The van der Waals surface area contributed by atoms with Crippen LogP contribution < -0.4 is 11.3 Å². The number of ketones is 1. The molecule has 0 aliphatic carbocycles. The maximum atomic E-state index is 11.7. The zero-order chi connectivity index (χ0) is 15.4. The van der Waals surface area contributed by atoms with Gasteiger partial charge in [-0.05, 0) is 12.1 Å². The normalized spacial score (nSPS) is 9.65. The summed E-state index contributed by atoms with van der Waals surface area (Å²) in [7, 11) is 14.0. The monoisotopic (exact) mass is 263 g/mol. The van der Waals surface area contributed by atoms with Gasteiger partial charge in [-0.3, -0.25) is 14.0 Å². The summed E-state index contributed by atoms with van der Waals surface area (Å²) in [5.74, 6) is -1.14. The Kier molecular flexibility index (Phi) is 5.07. The van der Waals surface area contributed by atoms with Gasteiger partial charge in [0.05, 0.1) is 5.69 Å². The highest BCUT2D eigenvalue weighted by molar-refractivity contribution is 7.49. The van der Waals surface area contributed by atoms with Crippen LogP contribution in [0.4, 0.5) is 5.69 Å². The molecular formula is C10H9B4N3O3. The van der Waals surface area contributed by atoms with Crippen molar-refractivity contribution in [1.29, 1.82) is 0 Å². The van der Waals surface area contributed by atoms with Crippen LogP contribution in [0.2, 0.25) is 0 Å². The van der Waals surface area contributed by atoms with E-state index in [1.54, 1.807) is 12.1 Å². The van der Waals surface area contributed by atoms with Crippen LogP contribution in [0.3, 0.4) is 0 Å². The smallest absolute Gasteiger partial charge is 0.300 e. The maximum absolute atomic E-state index is 11.7. The Morgan fingerprint density at radius 3 is 2.50 bits per heavy atom. The molecule has 0 amide bonds. The summed E-state index contributed by atoms with van der Waals surface area (Å²) in [6.07, 6.45) is 0.755. The Labute approximate surface area is 119 Å².